The molecule has 3 nitrogen and oxygen atoms in total. The smallest absolute Gasteiger partial charge is 0.0270 e. The van der Waals surface area contributed by atoms with Crippen LogP contribution in [0.4, 0.5) is 0 Å². The summed E-state index contributed by atoms with van der Waals surface area (Å²) in [6.07, 6.45) is 5.98. The largest absolute Gasteiger partial charge is 0.330 e. The number of pyridine rings is 1. The van der Waals surface area contributed by atoms with Crippen molar-refractivity contribution in [1.29, 1.82) is 0 Å². The summed E-state index contributed by atoms with van der Waals surface area (Å²) in [5, 5.41) is 3.37. The Morgan fingerprint density at radius 3 is 2.50 bits per heavy atom. The molecule has 1 saturated heterocycles. The second-order valence-corrected chi connectivity index (χ2v) is 3.97. The summed E-state index contributed by atoms with van der Waals surface area (Å²) in [4.78, 5) is 4.05. The van der Waals surface area contributed by atoms with E-state index in [9.17, 15) is 0 Å². The first-order chi connectivity index (χ1) is 6.87. The van der Waals surface area contributed by atoms with Gasteiger partial charge in [-0.25, -0.2) is 0 Å². The summed E-state index contributed by atoms with van der Waals surface area (Å²) in [6.45, 7) is 2.87. The van der Waals surface area contributed by atoms with Crippen LogP contribution in [0.3, 0.4) is 0 Å². The van der Waals surface area contributed by atoms with Gasteiger partial charge in [0.05, 0.1) is 0 Å². The van der Waals surface area contributed by atoms with Gasteiger partial charge in [0.1, 0.15) is 0 Å². The molecule has 0 aromatic carbocycles. The lowest BCUT2D eigenvalue weighted by molar-refractivity contribution is 0.315. The first kappa shape index (κ1) is 9.62. The van der Waals surface area contributed by atoms with Gasteiger partial charge in [-0.2, -0.15) is 0 Å². The fraction of sp³-hybridized carbons (Fsp3) is 0.545. The van der Waals surface area contributed by atoms with E-state index in [1.807, 2.05) is 12.4 Å². The summed E-state index contributed by atoms with van der Waals surface area (Å²) < 4.78 is 0. The number of nitrogens with two attached hydrogens (primary N) is 1. The third-order valence-electron chi connectivity index (χ3n) is 3.24. The maximum absolute atomic E-state index is 5.92. The molecule has 0 saturated carbocycles. The first-order valence-corrected chi connectivity index (χ1v) is 5.19. The molecule has 0 atom stereocenters. The van der Waals surface area contributed by atoms with E-state index in [1.54, 1.807) is 0 Å². The quantitative estimate of drug-likeness (QED) is 0.722. The maximum atomic E-state index is 5.92. The minimum absolute atomic E-state index is 0.189. The highest BCUT2D eigenvalue weighted by atomic mass is 14.9. The fourth-order valence-electron chi connectivity index (χ4n) is 2.22. The van der Waals surface area contributed by atoms with E-state index in [-0.39, 0.29) is 5.41 Å². The van der Waals surface area contributed by atoms with Gasteiger partial charge in [-0.3, -0.25) is 4.98 Å². The molecule has 0 radical (unpaired) electrons. The van der Waals surface area contributed by atoms with Crippen molar-refractivity contribution in [3.63, 3.8) is 0 Å². The topological polar surface area (TPSA) is 50.9 Å². The van der Waals surface area contributed by atoms with Gasteiger partial charge in [-0.15, -0.1) is 0 Å². The summed E-state index contributed by atoms with van der Waals surface area (Å²) >= 11 is 0. The van der Waals surface area contributed by atoms with Crippen molar-refractivity contribution in [2.45, 2.75) is 18.3 Å². The number of rotatable bonds is 2. The standard InChI is InChI=1S/C11H17N3/c12-9-11(3-7-14-8-4-11)10-1-5-13-6-2-10/h1-2,5-6,14H,3-4,7-9,12H2. The van der Waals surface area contributed by atoms with Crippen LogP contribution < -0.4 is 11.1 Å². The highest BCUT2D eigenvalue weighted by Gasteiger charge is 2.32. The predicted octanol–water partition coefficient (Wildman–Crippen LogP) is 0.661. The van der Waals surface area contributed by atoms with Crippen LogP contribution in [0.2, 0.25) is 0 Å². The van der Waals surface area contributed by atoms with Gasteiger partial charge < -0.3 is 11.1 Å². The third kappa shape index (κ3) is 1.65. The molecule has 0 unspecified atom stereocenters. The Morgan fingerprint density at radius 1 is 1.29 bits per heavy atom. The Labute approximate surface area is 84.7 Å². The van der Waals surface area contributed by atoms with Gasteiger partial charge in [0, 0.05) is 24.4 Å². The number of nitrogens with zero attached hydrogens (tertiary/aromatic N) is 1. The van der Waals surface area contributed by atoms with Crippen molar-refractivity contribution in [3.8, 4) is 0 Å². The molecule has 1 aliphatic rings. The van der Waals surface area contributed by atoms with E-state index >= 15 is 0 Å². The van der Waals surface area contributed by atoms with E-state index in [0.29, 0.717) is 0 Å². The van der Waals surface area contributed by atoms with Crippen LogP contribution in [0.5, 0.6) is 0 Å². The minimum Gasteiger partial charge on any atom is -0.330 e. The number of hydrogen-bond donors (Lipinski definition) is 2. The second kappa shape index (κ2) is 4.07. The van der Waals surface area contributed by atoms with Crippen molar-refractivity contribution in [2.75, 3.05) is 19.6 Å². The van der Waals surface area contributed by atoms with Crippen molar-refractivity contribution in [1.82, 2.24) is 10.3 Å². The van der Waals surface area contributed by atoms with E-state index in [4.69, 9.17) is 5.73 Å². The molecule has 1 aliphatic heterocycles. The van der Waals surface area contributed by atoms with E-state index in [2.05, 4.69) is 22.4 Å². The van der Waals surface area contributed by atoms with Gasteiger partial charge in [0.2, 0.25) is 0 Å². The lowest BCUT2D eigenvalue weighted by atomic mass is 9.73. The van der Waals surface area contributed by atoms with Crippen LogP contribution in [-0.2, 0) is 5.41 Å². The second-order valence-electron chi connectivity index (χ2n) is 3.97. The number of hydrogen-bond acceptors (Lipinski definition) is 3. The Bertz CT molecular complexity index is 278. The Kier molecular flexibility index (Phi) is 2.79. The SMILES string of the molecule is NCC1(c2ccncc2)CCNCC1. The highest BCUT2D eigenvalue weighted by Crippen LogP contribution is 2.31. The van der Waals surface area contributed by atoms with E-state index in [0.717, 1.165) is 32.5 Å². The summed E-state index contributed by atoms with van der Waals surface area (Å²) in [6, 6.07) is 4.19. The molecule has 2 rings (SSSR count). The molecule has 3 N–H and O–H groups in total. The van der Waals surface area contributed by atoms with Crippen LogP contribution in [0.15, 0.2) is 24.5 Å². The van der Waals surface area contributed by atoms with Crippen molar-refractivity contribution >= 4 is 0 Å². The molecular weight excluding hydrogens is 174 g/mol. The molecule has 1 fully saturated rings. The summed E-state index contributed by atoms with van der Waals surface area (Å²) in [5.74, 6) is 0. The van der Waals surface area contributed by atoms with Crippen molar-refractivity contribution in [3.05, 3.63) is 30.1 Å². The van der Waals surface area contributed by atoms with E-state index < -0.39 is 0 Å². The number of piperidine rings is 1. The zero-order valence-electron chi connectivity index (χ0n) is 8.37. The average Bonchev–Trinajstić information content (AvgIpc) is 2.31. The third-order valence-corrected chi connectivity index (χ3v) is 3.24. The predicted molar refractivity (Wildman–Crippen MR) is 57.1 cm³/mol. The average molecular weight is 191 g/mol. The molecule has 0 bridgehead atoms. The van der Waals surface area contributed by atoms with Crippen LogP contribution in [0, 0.1) is 0 Å². The highest BCUT2D eigenvalue weighted by molar-refractivity contribution is 5.24. The molecule has 0 amide bonds. The molecule has 14 heavy (non-hydrogen) atoms. The van der Waals surface area contributed by atoms with Crippen molar-refractivity contribution < 1.29 is 0 Å². The first-order valence-electron chi connectivity index (χ1n) is 5.19. The molecule has 0 aliphatic carbocycles. The van der Waals surface area contributed by atoms with Crippen LogP contribution in [-0.4, -0.2) is 24.6 Å². The van der Waals surface area contributed by atoms with Gasteiger partial charge in [0.15, 0.2) is 0 Å². The Hall–Kier alpha value is -0.930. The number of aromatic nitrogens is 1. The van der Waals surface area contributed by atoms with Crippen LogP contribution >= 0.6 is 0 Å². The molecule has 1 aromatic heterocycles. The molecule has 76 valence electrons. The zero-order chi connectivity index (χ0) is 9.86. The van der Waals surface area contributed by atoms with Crippen LogP contribution in [0.1, 0.15) is 18.4 Å². The number of nitrogens with one attached hydrogen (secondary N) is 1. The minimum atomic E-state index is 0.189. The normalized spacial score (nSPS) is 20.6. The molecule has 3 heteroatoms. The van der Waals surface area contributed by atoms with Crippen molar-refractivity contribution in [2.24, 2.45) is 5.73 Å². The Morgan fingerprint density at radius 2 is 1.93 bits per heavy atom. The fourth-order valence-corrected chi connectivity index (χ4v) is 2.22. The molecule has 1 aromatic rings. The molecule has 0 spiro atoms. The van der Waals surface area contributed by atoms with E-state index in [1.165, 1.54) is 5.56 Å². The lowest BCUT2D eigenvalue weighted by Gasteiger charge is -2.37. The summed E-state index contributed by atoms with van der Waals surface area (Å²) in [7, 11) is 0. The lowest BCUT2D eigenvalue weighted by Crippen LogP contribution is -2.44. The van der Waals surface area contributed by atoms with Crippen LogP contribution in [0.25, 0.3) is 0 Å². The monoisotopic (exact) mass is 191 g/mol. The maximum Gasteiger partial charge on any atom is 0.0270 e. The van der Waals surface area contributed by atoms with Gasteiger partial charge >= 0.3 is 0 Å². The van der Waals surface area contributed by atoms with Gasteiger partial charge in [0.25, 0.3) is 0 Å². The molecular formula is C11H17N3. The zero-order valence-corrected chi connectivity index (χ0v) is 8.37. The van der Waals surface area contributed by atoms with Gasteiger partial charge in [-0.1, -0.05) is 0 Å². The Balaban J connectivity index is 2.27. The molecule has 2 heterocycles. The summed E-state index contributed by atoms with van der Waals surface area (Å²) in [5.41, 5.74) is 7.45. The van der Waals surface area contributed by atoms with Gasteiger partial charge in [-0.05, 0) is 43.6 Å².